The second-order valence-corrected chi connectivity index (χ2v) is 5.34. The summed E-state index contributed by atoms with van der Waals surface area (Å²) in [6, 6.07) is 5.15. The largest absolute Gasteiger partial charge is 0.481 e. The van der Waals surface area contributed by atoms with E-state index in [0.717, 1.165) is 25.9 Å². The Labute approximate surface area is 118 Å². The zero-order chi connectivity index (χ0) is 14.5. The number of hydrogen-bond donors (Lipinski definition) is 2. The van der Waals surface area contributed by atoms with Crippen molar-refractivity contribution >= 4 is 17.3 Å². The Bertz CT molecular complexity index is 473. The van der Waals surface area contributed by atoms with Gasteiger partial charge in [-0.2, -0.15) is 0 Å². The van der Waals surface area contributed by atoms with Crippen molar-refractivity contribution in [2.45, 2.75) is 38.6 Å². The first-order valence-electron chi connectivity index (χ1n) is 7.09. The molecule has 0 bridgehead atoms. The highest BCUT2D eigenvalue weighted by molar-refractivity contribution is 5.66. The molecule has 1 aromatic carbocycles. The predicted molar refractivity (Wildman–Crippen MR) is 77.8 cm³/mol. The second-order valence-electron chi connectivity index (χ2n) is 5.34. The molecule has 0 radical (unpaired) electrons. The topological polar surface area (TPSA) is 52.6 Å². The molecule has 0 amide bonds. The zero-order valence-corrected chi connectivity index (χ0v) is 11.7. The first kappa shape index (κ1) is 14.6. The van der Waals surface area contributed by atoms with Crippen LogP contribution in [-0.4, -0.2) is 30.2 Å². The Kier molecular flexibility index (Phi) is 4.82. The van der Waals surface area contributed by atoms with Gasteiger partial charge < -0.3 is 15.3 Å². The fourth-order valence-electron chi connectivity index (χ4n) is 2.51. The molecule has 1 heterocycles. The van der Waals surface area contributed by atoms with Crippen molar-refractivity contribution in [1.29, 1.82) is 0 Å². The first-order chi connectivity index (χ1) is 9.56. The Balaban J connectivity index is 1.96. The summed E-state index contributed by atoms with van der Waals surface area (Å²) in [6.45, 7) is 3.73. The van der Waals surface area contributed by atoms with Gasteiger partial charge in [0.15, 0.2) is 0 Å². The molecule has 1 atom stereocenters. The molecule has 1 saturated heterocycles. The summed E-state index contributed by atoms with van der Waals surface area (Å²) in [4.78, 5) is 12.6. The van der Waals surface area contributed by atoms with Gasteiger partial charge in [-0.3, -0.25) is 4.79 Å². The van der Waals surface area contributed by atoms with Crippen LogP contribution in [0.2, 0.25) is 0 Å². The third-order valence-corrected chi connectivity index (χ3v) is 3.60. The number of halogens is 1. The Morgan fingerprint density at radius 2 is 2.15 bits per heavy atom. The highest BCUT2D eigenvalue weighted by Crippen LogP contribution is 2.26. The molecule has 1 aliphatic heterocycles. The molecule has 1 aliphatic rings. The van der Waals surface area contributed by atoms with Crippen molar-refractivity contribution in [2.24, 2.45) is 0 Å². The van der Waals surface area contributed by atoms with Crippen molar-refractivity contribution in [2.75, 3.05) is 23.3 Å². The van der Waals surface area contributed by atoms with Gasteiger partial charge >= 0.3 is 5.97 Å². The van der Waals surface area contributed by atoms with Gasteiger partial charge in [0, 0.05) is 31.2 Å². The summed E-state index contributed by atoms with van der Waals surface area (Å²) in [5, 5.41) is 11.8. The number of nitrogens with zero attached hydrogens (tertiary/aromatic N) is 1. The van der Waals surface area contributed by atoms with Gasteiger partial charge in [-0.05, 0) is 44.4 Å². The van der Waals surface area contributed by atoms with E-state index >= 15 is 0 Å². The van der Waals surface area contributed by atoms with Crippen LogP contribution >= 0.6 is 0 Å². The maximum atomic E-state index is 14.1. The minimum Gasteiger partial charge on any atom is -0.481 e. The van der Waals surface area contributed by atoms with Crippen molar-refractivity contribution in [3.05, 3.63) is 24.0 Å². The monoisotopic (exact) mass is 280 g/mol. The Hall–Kier alpha value is -1.78. The van der Waals surface area contributed by atoms with E-state index in [-0.39, 0.29) is 18.3 Å². The number of carboxylic acid groups (broad SMARTS) is 1. The molecular weight excluding hydrogens is 259 g/mol. The molecule has 4 nitrogen and oxygen atoms in total. The number of anilines is 2. The summed E-state index contributed by atoms with van der Waals surface area (Å²) in [7, 11) is 0. The predicted octanol–water partition coefficient (Wildman–Crippen LogP) is 3.09. The van der Waals surface area contributed by atoms with Crippen LogP contribution in [0.3, 0.4) is 0 Å². The summed E-state index contributed by atoms with van der Waals surface area (Å²) in [5.74, 6) is -1.03. The number of carboxylic acids is 1. The van der Waals surface area contributed by atoms with E-state index in [1.54, 1.807) is 6.07 Å². The normalized spacial score (nSPS) is 16.2. The molecule has 2 N–H and O–H groups in total. The van der Waals surface area contributed by atoms with Crippen molar-refractivity contribution in [3.8, 4) is 0 Å². The lowest BCUT2D eigenvalue weighted by Crippen LogP contribution is -2.20. The summed E-state index contributed by atoms with van der Waals surface area (Å²) >= 11 is 0. The van der Waals surface area contributed by atoms with E-state index in [1.165, 1.54) is 6.07 Å². The van der Waals surface area contributed by atoms with Crippen LogP contribution in [0.1, 0.15) is 32.6 Å². The number of carbonyl (C=O) groups is 1. The molecule has 1 fully saturated rings. The van der Waals surface area contributed by atoms with E-state index in [4.69, 9.17) is 5.11 Å². The number of aliphatic carboxylic acids is 1. The summed E-state index contributed by atoms with van der Waals surface area (Å²) in [5.41, 5.74) is 1.36. The van der Waals surface area contributed by atoms with Crippen LogP contribution < -0.4 is 10.2 Å². The number of rotatable bonds is 6. The minimum atomic E-state index is -0.811. The van der Waals surface area contributed by atoms with E-state index in [1.807, 2.05) is 13.0 Å². The number of benzene rings is 1. The summed E-state index contributed by atoms with van der Waals surface area (Å²) in [6.07, 6.45) is 2.87. The van der Waals surface area contributed by atoms with Gasteiger partial charge in [0.25, 0.3) is 0 Å². The quantitative estimate of drug-likeness (QED) is 0.840. The molecule has 110 valence electrons. The smallest absolute Gasteiger partial charge is 0.303 e. The molecule has 1 aromatic rings. The van der Waals surface area contributed by atoms with Crippen LogP contribution in [0.25, 0.3) is 0 Å². The van der Waals surface area contributed by atoms with Crippen LogP contribution in [0.15, 0.2) is 18.2 Å². The maximum absolute atomic E-state index is 14.1. The third kappa shape index (κ3) is 3.85. The average molecular weight is 280 g/mol. The number of nitrogens with one attached hydrogen (secondary N) is 1. The lowest BCUT2D eigenvalue weighted by atomic mass is 10.1. The molecule has 0 aliphatic carbocycles. The Morgan fingerprint density at radius 1 is 1.45 bits per heavy atom. The van der Waals surface area contributed by atoms with Crippen LogP contribution in [0.5, 0.6) is 0 Å². The molecule has 1 unspecified atom stereocenters. The van der Waals surface area contributed by atoms with E-state index < -0.39 is 5.97 Å². The van der Waals surface area contributed by atoms with E-state index in [2.05, 4.69) is 10.2 Å². The van der Waals surface area contributed by atoms with Crippen molar-refractivity contribution in [3.63, 3.8) is 0 Å². The molecule has 2 rings (SSSR count). The second kappa shape index (κ2) is 6.59. The lowest BCUT2D eigenvalue weighted by Gasteiger charge is -2.20. The Morgan fingerprint density at radius 3 is 2.75 bits per heavy atom. The van der Waals surface area contributed by atoms with Gasteiger partial charge in [-0.15, -0.1) is 0 Å². The van der Waals surface area contributed by atoms with E-state index in [9.17, 15) is 9.18 Å². The molecule has 0 spiro atoms. The molecule has 0 aromatic heterocycles. The average Bonchev–Trinajstić information content (AvgIpc) is 2.90. The van der Waals surface area contributed by atoms with Gasteiger partial charge in [0.1, 0.15) is 5.82 Å². The molecular formula is C15H21FN2O2. The fourth-order valence-corrected chi connectivity index (χ4v) is 2.51. The molecule has 0 saturated carbocycles. The van der Waals surface area contributed by atoms with Crippen molar-refractivity contribution < 1.29 is 14.3 Å². The zero-order valence-electron chi connectivity index (χ0n) is 11.7. The first-order valence-corrected chi connectivity index (χ1v) is 7.09. The van der Waals surface area contributed by atoms with Crippen molar-refractivity contribution in [1.82, 2.24) is 0 Å². The fraction of sp³-hybridized carbons (Fsp3) is 0.533. The highest BCUT2D eigenvalue weighted by Gasteiger charge is 2.16. The molecule has 5 heteroatoms. The van der Waals surface area contributed by atoms with Crippen LogP contribution in [-0.2, 0) is 4.79 Å². The van der Waals surface area contributed by atoms with Gasteiger partial charge in [-0.25, -0.2) is 4.39 Å². The van der Waals surface area contributed by atoms with Crippen LogP contribution in [0, 0.1) is 5.82 Å². The van der Waals surface area contributed by atoms with E-state index in [0.29, 0.717) is 17.8 Å². The lowest BCUT2D eigenvalue weighted by molar-refractivity contribution is -0.137. The minimum absolute atomic E-state index is 0.00290. The standard InChI is InChI=1S/C15H21FN2O2/c1-11(4-7-15(19)20)17-12-5-6-14(13(16)10-12)18-8-2-3-9-18/h5-6,10-11,17H,2-4,7-9H2,1H3,(H,19,20). The summed E-state index contributed by atoms with van der Waals surface area (Å²) < 4.78 is 14.1. The maximum Gasteiger partial charge on any atom is 0.303 e. The van der Waals surface area contributed by atoms with Gasteiger partial charge in [0.05, 0.1) is 5.69 Å². The number of hydrogen-bond acceptors (Lipinski definition) is 3. The SMILES string of the molecule is CC(CCC(=O)O)Nc1ccc(N2CCCC2)c(F)c1. The third-order valence-electron chi connectivity index (χ3n) is 3.60. The molecule has 20 heavy (non-hydrogen) atoms. The van der Waals surface area contributed by atoms with Gasteiger partial charge in [0.2, 0.25) is 0 Å². The van der Waals surface area contributed by atoms with Gasteiger partial charge in [-0.1, -0.05) is 0 Å². The highest BCUT2D eigenvalue weighted by atomic mass is 19.1. The van der Waals surface area contributed by atoms with Crippen LogP contribution in [0.4, 0.5) is 15.8 Å².